The molecule has 2 N–H and O–H groups in total. The molecular weight excluding hydrogens is 300 g/mol. The van der Waals surface area contributed by atoms with Crippen LogP contribution in [0.25, 0.3) is 0 Å². The number of rotatable bonds is 2. The highest BCUT2D eigenvalue weighted by Crippen LogP contribution is 2.33. The highest BCUT2D eigenvalue weighted by molar-refractivity contribution is 5.82. The maximum absolute atomic E-state index is 11.2. The Bertz CT molecular complexity index is 457. The smallest absolute Gasteiger partial charge is 0.146 e. The number of Topliss-reactive ketones (excluding diaryl/α,β-unsaturated/α-hetero) is 2. The molecule has 0 aromatic carbocycles. The predicted octanol–water partition coefficient (Wildman–Crippen LogP) is 2.99. The zero-order valence-electron chi connectivity index (χ0n) is 15.4. The highest BCUT2D eigenvalue weighted by Gasteiger charge is 2.37. The second-order valence-electron chi connectivity index (χ2n) is 8.42. The first-order valence-corrected chi connectivity index (χ1v) is 10.1. The predicted molar refractivity (Wildman–Crippen MR) is 95.9 cm³/mol. The van der Waals surface area contributed by atoms with Crippen LogP contribution in [-0.4, -0.2) is 35.7 Å². The molecule has 2 bridgehead atoms. The molecule has 4 atom stereocenters. The van der Waals surface area contributed by atoms with Gasteiger partial charge in [-0.25, -0.2) is 0 Å². The second-order valence-corrected chi connectivity index (χ2v) is 8.42. The summed E-state index contributed by atoms with van der Waals surface area (Å²) in [5, 5.41) is 6.91. The molecule has 136 valence electrons. The summed E-state index contributed by atoms with van der Waals surface area (Å²) in [6.45, 7) is 3.42. The van der Waals surface area contributed by atoms with Crippen LogP contribution in [0.4, 0.5) is 0 Å². The zero-order valence-corrected chi connectivity index (χ0v) is 15.4. The Hall–Kier alpha value is -0.740. The van der Waals surface area contributed by atoms with E-state index in [1.54, 1.807) is 13.8 Å². The van der Waals surface area contributed by atoms with Crippen molar-refractivity contribution >= 4 is 11.6 Å². The molecule has 4 heteroatoms. The molecular formula is C20H34N2O2. The van der Waals surface area contributed by atoms with Gasteiger partial charge in [0.2, 0.25) is 0 Å². The summed E-state index contributed by atoms with van der Waals surface area (Å²) < 4.78 is 0. The summed E-state index contributed by atoms with van der Waals surface area (Å²) in [6.07, 6.45) is 12.8. The van der Waals surface area contributed by atoms with Crippen molar-refractivity contribution in [1.29, 1.82) is 0 Å². The van der Waals surface area contributed by atoms with E-state index < -0.39 is 0 Å². The Morgan fingerprint density at radius 2 is 1.38 bits per heavy atom. The molecule has 2 aliphatic carbocycles. The van der Waals surface area contributed by atoms with E-state index in [1.165, 1.54) is 57.8 Å². The molecule has 5 aliphatic rings. The van der Waals surface area contributed by atoms with Gasteiger partial charge in [0, 0.05) is 12.1 Å². The fourth-order valence-electron chi connectivity index (χ4n) is 5.27. The van der Waals surface area contributed by atoms with Crippen LogP contribution in [0.5, 0.6) is 0 Å². The normalized spacial score (nSPS) is 40.9. The maximum Gasteiger partial charge on any atom is 0.146 e. The number of hydrogen-bond acceptors (Lipinski definition) is 4. The fraction of sp³-hybridized carbons (Fsp3) is 0.900. The monoisotopic (exact) mass is 334 g/mol. The third-order valence-corrected chi connectivity index (χ3v) is 6.74. The van der Waals surface area contributed by atoms with Crippen molar-refractivity contribution in [3.8, 4) is 0 Å². The molecule has 0 aromatic heterocycles. The van der Waals surface area contributed by atoms with Gasteiger partial charge >= 0.3 is 0 Å². The van der Waals surface area contributed by atoms with Crippen LogP contribution in [0, 0.1) is 11.8 Å². The Balaban J connectivity index is 0.000000143. The summed E-state index contributed by atoms with van der Waals surface area (Å²) in [7, 11) is 0. The fourth-order valence-corrected chi connectivity index (χ4v) is 5.27. The van der Waals surface area contributed by atoms with Crippen molar-refractivity contribution < 1.29 is 9.59 Å². The first-order chi connectivity index (χ1) is 11.5. The van der Waals surface area contributed by atoms with Crippen LogP contribution in [0.1, 0.15) is 78.1 Å². The molecule has 5 rings (SSSR count). The van der Waals surface area contributed by atoms with Crippen LogP contribution in [0.15, 0.2) is 0 Å². The van der Waals surface area contributed by atoms with Crippen LogP contribution in [0.3, 0.4) is 0 Å². The molecule has 3 heterocycles. The average molecular weight is 335 g/mol. The number of carbonyl (C=O) groups excluding carboxylic acids is 2. The largest absolute Gasteiger partial charge is 0.304 e. The molecule has 0 amide bonds. The van der Waals surface area contributed by atoms with E-state index in [1.807, 2.05) is 0 Å². The van der Waals surface area contributed by atoms with E-state index in [4.69, 9.17) is 0 Å². The molecule has 4 nitrogen and oxygen atoms in total. The molecule has 0 aromatic rings. The van der Waals surface area contributed by atoms with Gasteiger partial charge in [0.15, 0.2) is 0 Å². The minimum absolute atomic E-state index is 0.166. The van der Waals surface area contributed by atoms with Crippen LogP contribution >= 0.6 is 0 Å². The Morgan fingerprint density at radius 3 is 1.92 bits per heavy atom. The zero-order chi connectivity index (χ0) is 17.1. The van der Waals surface area contributed by atoms with Crippen LogP contribution in [0.2, 0.25) is 0 Å². The van der Waals surface area contributed by atoms with Crippen molar-refractivity contribution in [2.24, 2.45) is 11.8 Å². The first-order valence-electron chi connectivity index (χ1n) is 10.1. The average Bonchev–Trinajstić information content (AvgIpc) is 2.62. The summed E-state index contributed by atoms with van der Waals surface area (Å²) in [5.74, 6) is 2.17. The lowest BCUT2D eigenvalue weighted by Gasteiger charge is -2.42. The van der Waals surface area contributed by atoms with Crippen LogP contribution < -0.4 is 10.6 Å². The second kappa shape index (κ2) is 8.09. The topological polar surface area (TPSA) is 58.2 Å². The van der Waals surface area contributed by atoms with Crippen molar-refractivity contribution in [2.45, 2.75) is 102 Å². The van der Waals surface area contributed by atoms with Crippen LogP contribution in [-0.2, 0) is 9.59 Å². The summed E-state index contributed by atoms with van der Waals surface area (Å²) in [6, 6.07) is 1.66. The molecule has 4 unspecified atom stereocenters. The van der Waals surface area contributed by atoms with E-state index >= 15 is 0 Å². The van der Waals surface area contributed by atoms with Crippen molar-refractivity contribution in [3.63, 3.8) is 0 Å². The van der Waals surface area contributed by atoms with E-state index in [-0.39, 0.29) is 12.1 Å². The van der Waals surface area contributed by atoms with Gasteiger partial charge in [0.05, 0.1) is 12.1 Å². The van der Waals surface area contributed by atoms with E-state index in [0.717, 1.165) is 12.3 Å². The Labute approximate surface area is 146 Å². The quantitative estimate of drug-likeness (QED) is 0.815. The summed E-state index contributed by atoms with van der Waals surface area (Å²) in [4.78, 5) is 22.3. The lowest BCUT2D eigenvalue weighted by Crippen LogP contribution is -2.55. The van der Waals surface area contributed by atoms with Crippen molar-refractivity contribution in [1.82, 2.24) is 10.6 Å². The van der Waals surface area contributed by atoms with Gasteiger partial charge in [-0.1, -0.05) is 12.8 Å². The number of carbonyl (C=O) groups is 2. The minimum Gasteiger partial charge on any atom is -0.304 e. The SMILES string of the molecule is CC(=O)C1CCC2CCCCC2N1.CC(=O)C1NC2CCC1CC2. The van der Waals surface area contributed by atoms with Gasteiger partial charge in [0.1, 0.15) is 11.6 Å². The molecule has 0 radical (unpaired) electrons. The molecule has 3 saturated heterocycles. The lowest BCUT2D eigenvalue weighted by atomic mass is 9.75. The van der Waals surface area contributed by atoms with E-state index in [0.29, 0.717) is 29.6 Å². The van der Waals surface area contributed by atoms with Gasteiger partial charge in [-0.05, 0) is 77.0 Å². The third-order valence-electron chi connectivity index (χ3n) is 6.74. The van der Waals surface area contributed by atoms with E-state index in [9.17, 15) is 9.59 Å². The Kier molecular flexibility index (Phi) is 6.09. The molecule has 5 fully saturated rings. The van der Waals surface area contributed by atoms with Gasteiger partial charge < -0.3 is 10.6 Å². The molecule has 24 heavy (non-hydrogen) atoms. The van der Waals surface area contributed by atoms with Crippen molar-refractivity contribution in [2.75, 3.05) is 0 Å². The number of fused-ring (bicyclic) bond motifs is 4. The van der Waals surface area contributed by atoms with E-state index in [2.05, 4.69) is 10.6 Å². The first kappa shape index (κ1) is 18.1. The van der Waals surface area contributed by atoms with Gasteiger partial charge in [-0.2, -0.15) is 0 Å². The van der Waals surface area contributed by atoms with Crippen molar-refractivity contribution in [3.05, 3.63) is 0 Å². The summed E-state index contributed by atoms with van der Waals surface area (Å²) >= 11 is 0. The minimum atomic E-state index is 0.166. The number of piperidine rings is 3. The maximum atomic E-state index is 11.2. The number of ketones is 2. The molecule has 3 aliphatic heterocycles. The molecule has 2 saturated carbocycles. The molecule has 0 spiro atoms. The Morgan fingerprint density at radius 1 is 0.708 bits per heavy atom. The standard InChI is InChI=1S/C11H19NO.C9H15NO/c1-8(13)10-7-6-9-4-2-3-5-11(9)12-10;1-6(11)9-7-2-4-8(10-9)5-3-7/h9-12H,2-7H2,1H3;7-10H,2-5H2,1H3. The van der Waals surface area contributed by atoms with Gasteiger partial charge in [-0.15, -0.1) is 0 Å². The third kappa shape index (κ3) is 4.26. The van der Waals surface area contributed by atoms with Gasteiger partial charge in [0.25, 0.3) is 0 Å². The number of nitrogens with one attached hydrogen (secondary N) is 2. The van der Waals surface area contributed by atoms with Gasteiger partial charge in [-0.3, -0.25) is 9.59 Å². The lowest BCUT2D eigenvalue weighted by molar-refractivity contribution is -0.122. The highest BCUT2D eigenvalue weighted by atomic mass is 16.1. The summed E-state index contributed by atoms with van der Waals surface area (Å²) in [5.41, 5.74) is 0. The number of hydrogen-bond donors (Lipinski definition) is 2.